The third-order valence-electron chi connectivity index (χ3n) is 8.63. The Morgan fingerprint density at radius 1 is 0.943 bits per heavy atom. The van der Waals surface area contributed by atoms with Gasteiger partial charge in [0.1, 0.15) is 48.9 Å². The van der Waals surface area contributed by atoms with Gasteiger partial charge in [-0.1, -0.05) is 56.3 Å². The van der Waals surface area contributed by atoms with E-state index >= 15 is 0 Å². The molecule has 1 aliphatic rings. The Morgan fingerprint density at radius 3 is 2.28 bits per heavy atom. The number of carboxylic acid groups (broad SMARTS) is 1. The number of carbonyl (C=O) groups is 3. The van der Waals surface area contributed by atoms with Gasteiger partial charge in [-0.3, -0.25) is 23.5 Å². The minimum atomic E-state index is -1.90. The summed E-state index contributed by atoms with van der Waals surface area (Å²) >= 11 is 0. The first-order valence-electron chi connectivity index (χ1n) is 17.2. The van der Waals surface area contributed by atoms with Gasteiger partial charge in [-0.2, -0.15) is 0 Å². The van der Waals surface area contributed by atoms with Crippen LogP contribution in [0, 0.1) is 5.92 Å². The fourth-order valence-corrected chi connectivity index (χ4v) is 5.82. The molecule has 0 spiro atoms. The molecule has 7 atom stereocenters. The lowest BCUT2D eigenvalue weighted by Gasteiger charge is -2.27. The number of hydrogen-bond acceptors (Lipinski definition) is 12. The van der Waals surface area contributed by atoms with Crippen LogP contribution in [0.25, 0.3) is 0 Å². The zero-order valence-corrected chi connectivity index (χ0v) is 29.7. The summed E-state index contributed by atoms with van der Waals surface area (Å²) in [5.41, 5.74) is -0.115. The van der Waals surface area contributed by atoms with E-state index < -0.39 is 71.9 Å². The van der Waals surface area contributed by atoms with Crippen LogP contribution in [0.3, 0.4) is 0 Å². The number of benzene rings is 2. The summed E-state index contributed by atoms with van der Waals surface area (Å²) in [5.74, 6) is -1.31. The molecule has 2 aromatic carbocycles. The van der Waals surface area contributed by atoms with Crippen molar-refractivity contribution in [1.82, 2.24) is 25.1 Å². The Morgan fingerprint density at radius 2 is 1.64 bits per heavy atom. The molecule has 2 heterocycles. The molecule has 1 saturated heterocycles. The zero-order valence-electron chi connectivity index (χ0n) is 29.7. The SMILES string of the molecule is COc1ccc(Cn2c(=O)ccn([C@@H]3O[C@H](C(O)[C@H](NCCCNC(=O)[C@H](CC(C)C)NC(=O)OCc4ccccc4)C(=O)O)[C@@H](O)[C@H]3O)c2=O)cc1. The minimum Gasteiger partial charge on any atom is -0.497 e. The fourth-order valence-electron chi connectivity index (χ4n) is 5.82. The van der Waals surface area contributed by atoms with Crippen molar-refractivity contribution >= 4 is 18.0 Å². The predicted octanol–water partition coefficient (Wildman–Crippen LogP) is -0.0628. The second-order valence-corrected chi connectivity index (χ2v) is 13.0. The van der Waals surface area contributed by atoms with Gasteiger partial charge in [0.2, 0.25) is 5.91 Å². The lowest BCUT2D eigenvalue weighted by Crippen LogP contribution is -2.54. The maximum atomic E-state index is 13.4. The number of rotatable bonds is 18. The molecule has 0 aliphatic carbocycles. The van der Waals surface area contributed by atoms with E-state index in [0.29, 0.717) is 17.7 Å². The number of carboxylic acids is 1. The number of amides is 2. The van der Waals surface area contributed by atoms with Gasteiger partial charge < -0.3 is 50.6 Å². The van der Waals surface area contributed by atoms with Crippen molar-refractivity contribution in [3.05, 3.63) is 98.8 Å². The van der Waals surface area contributed by atoms with Gasteiger partial charge in [0.05, 0.1) is 13.7 Å². The summed E-state index contributed by atoms with van der Waals surface area (Å²) in [4.78, 5) is 63.4. The first kappa shape index (κ1) is 40.7. The molecule has 7 N–H and O–H groups in total. The van der Waals surface area contributed by atoms with Gasteiger partial charge >= 0.3 is 17.8 Å². The van der Waals surface area contributed by atoms with Crippen molar-refractivity contribution < 1.29 is 49.0 Å². The predicted molar refractivity (Wildman–Crippen MR) is 189 cm³/mol. The number of nitrogens with zero attached hydrogens (tertiary/aromatic N) is 2. The molecule has 1 aromatic heterocycles. The number of carbonyl (C=O) groups excluding carboxylic acids is 2. The largest absolute Gasteiger partial charge is 0.497 e. The summed E-state index contributed by atoms with van der Waals surface area (Å²) in [6.45, 7) is 3.77. The van der Waals surface area contributed by atoms with Crippen LogP contribution in [-0.2, 0) is 32.2 Å². The third kappa shape index (κ3) is 11.0. The van der Waals surface area contributed by atoms with Crippen LogP contribution in [0.5, 0.6) is 5.75 Å². The molecule has 4 rings (SSSR count). The van der Waals surface area contributed by atoms with E-state index in [1.54, 1.807) is 36.4 Å². The van der Waals surface area contributed by atoms with Crippen LogP contribution in [0.2, 0.25) is 0 Å². The van der Waals surface area contributed by atoms with E-state index in [1.165, 1.54) is 7.11 Å². The van der Waals surface area contributed by atoms with Crippen LogP contribution in [0.4, 0.5) is 4.79 Å². The van der Waals surface area contributed by atoms with Crippen LogP contribution < -0.4 is 31.9 Å². The molecule has 1 unspecified atom stereocenters. The fraction of sp³-hybridized carbons (Fsp3) is 0.472. The Hall–Kier alpha value is -5.07. The van der Waals surface area contributed by atoms with Gasteiger partial charge in [-0.25, -0.2) is 9.59 Å². The summed E-state index contributed by atoms with van der Waals surface area (Å²) in [6, 6.07) is 14.2. The summed E-state index contributed by atoms with van der Waals surface area (Å²) in [5, 5.41) is 50.5. The number of nitrogens with one attached hydrogen (secondary N) is 3. The van der Waals surface area contributed by atoms with E-state index in [-0.39, 0.29) is 38.6 Å². The molecular formula is C36H47N5O12. The molecular weight excluding hydrogens is 694 g/mol. The van der Waals surface area contributed by atoms with E-state index in [1.807, 2.05) is 32.0 Å². The van der Waals surface area contributed by atoms with E-state index in [0.717, 1.165) is 27.0 Å². The average Bonchev–Trinajstić information content (AvgIpc) is 3.43. The third-order valence-corrected chi connectivity index (χ3v) is 8.63. The van der Waals surface area contributed by atoms with Crippen molar-refractivity contribution in [2.45, 2.75) is 82.6 Å². The molecule has 17 heteroatoms. The minimum absolute atomic E-state index is 0.0136. The monoisotopic (exact) mass is 741 g/mol. The lowest BCUT2D eigenvalue weighted by molar-refractivity contribution is -0.149. The molecule has 17 nitrogen and oxygen atoms in total. The summed E-state index contributed by atoms with van der Waals surface area (Å²) in [7, 11) is 1.50. The smallest absolute Gasteiger partial charge is 0.408 e. The maximum absolute atomic E-state index is 13.4. The highest BCUT2D eigenvalue weighted by molar-refractivity contribution is 5.85. The Bertz CT molecular complexity index is 1780. The van der Waals surface area contributed by atoms with Gasteiger partial charge in [-0.05, 0) is 48.6 Å². The van der Waals surface area contributed by atoms with E-state index in [2.05, 4.69) is 16.0 Å². The first-order chi connectivity index (χ1) is 25.3. The quantitative estimate of drug-likeness (QED) is 0.0847. The number of aliphatic hydroxyl groups is 3. The number of ether oxygens (including phenoxy) is 3. The molecule has 0 saturated carbocycles. The second kappa shape index (κ2) is 19.1. The molecule has 288 valence electrons. The molecule has 53 heavy (non-hydrogen) atoms. The number of aliphatic hydroxyl groups excluding tert-OH is 3. The van der Waals surface area contributed by atoms with Crippen molar-refractivity contribution in [3.8, 4) is 5.75 Å². The van der Waals surface area contributed by atoms with Gasteiger partial charge in [0, 0.05) is 18.8 Å². The van der Waals surface area contributed by atoms with Crippen molar-refractivity contribution in [3.63, 3.8) is 0 Å². The van der Waals surface area contributed by atoms with Crippen molar-refractivity contribution in [2.24, 2.45) is 5.92 Å². The standard InChI is InChI=1S/C36H47N5O12/c1-21(2)18-25(39-35(49)52-20-23-8-5-4-6-9-23)32(46)38-16-7-15-37-27(34(47)48)28(43)31-29(44)30(45)33(53-31)40-17-14-26(42)41(36(40)50)19-22-10-12-24(51-3)13-11-22/h4-6,8-14,17,21,25,27-31,33,37,43-45H,7,15-16,18-20H2,1-3H3,(H,38,46)(H,39,49)(H,47,48)/t25-,27-,28?,29-,30+,31+,33+/m0/s1. The normalized spacial score (nSPS) is 20.0. The Kier molecular flexibility index (Phi) is 14.7. The Labute approximate surface area is 305 Å². The van der Waals surface area contributed by atoms with E-state index in [9.17, 15) is 44.4 Å². The summed E-state index contributed by atoms with van der Waals surface area (Å²) < 4.78 is 17.8. The lowest BCUT2D eigenvalue weighted by atomic mass is 9.99. The molecule has 0 radical (unpaired) electrons. The van der Waals surface area contributed by atoms with Gasteiger partial charge in [-0.15, -0.1) is 0 Å². The van der Waals surface area contributed by atoms with E-state index in [4.69, 9.17) is 14.2 Å². The Balaban J connectivity index is 1.32. The first-order valence-corrected chi connectivity index (χ1v) is 17.2. The number of aromatic nitrogens is 2. The summed E-state index contributed by atoms with van der Waals surface area (Å²) in [6.07, 6.45) is -7.82. The van der Waals surface area contributed by atoms with Crippen molar-refractivity contribution in [1.29, 1.82) is 0 Å². The highest BCUT2D eigenvalue weighted by Crippen LogP contribution is 2.31. The molecule has 3 aromatic rings. The molecule has 0 bridgehead atoms. The van der Waals surface area contributed by atoms with Gasteiger partial charge in [0.15, 0.2) is 6.23 Å². The maximum Gasteiger partial charge on any atom is 0.408 e. The molecule has 1 fully saturated rings. The van der Waals surface area contributed by atoms with Crippen molar-refractivity contribution in [2.75, 3.05) is 20.2 Å². The number of alkyl carbamates (subject to hydrolysis) is 1. The number of aliphatic carboxylic acids is 1. The molecule has 2 amide bonds. The highest BCUT2D eigenvalue weighted by atomic mass is 16.6. The average molecular weight is 742 g/mol. The van der Waals surface area contributed by atoms with Crippen LogP contribution in [0.15, 0.2) is 76.4 Å². The van der Waals surface area contributed by atoms with Crippen LogP contribution in [0.1, 0.15) is 44.0 Å². The van der Waals surface area contributed by atoms with Gasteiger partial charge in [0.25, 0.3) is 5.56 Å². The number of hydrogen-bond donors (Lipinski definition) is 7. The van der Waals surface area contributed by atoms with Crippen LogP contribution >= 0.6 is 0 Å². The van der Waals surface area contributed by atoms with Crippen LogP contribution in [-0.4, -0.2) is 104 Å². The number of methoxy groups -OCH3 is 1. The zero-order chi connectivity index (χ0) is 38.7. The highest BCUT2D eigenvalue weighted by Gasteiger charge is 2.50. The topological polar surface area (TPSA) is 240 Å². The molecule has 1 aliphatic heterocycles. The second-order valence-electron chi connectivity index (χ2n) is 13.0.